The minimum absolute atomic E-state index is 0.163. The van der Waals surface area contributed by atoms with Crippen molar-refractivity contribution in [3.05, 3.63) is 59.0 Å². The molecule has 1 atom stereocenters. The van der Waals surface area contributed by atoms with Gasteiger partial charge in [-0.05, 0) is 35.4 Å². The molecule has 0 saturated heterocycles. The average molecular weight is 364 g/mol. The van der Waals surface area contributed by atoms with Gasteiger partial charge in [-0.3, -0.25) is 10.1 Å². The first-order valence-electron chi connectivity index (χ1n) is 8.53. The highest BCUT2D eigenvalue weighted by molar-refractivity contribution is 7.14. The van der Waals surface area contributed by atoms with E-state index in [1.165, 1.54) is 16.9 Å². The monoisotopic (exact) mass is 364 g/mol. The number of hydrogen-bond acceptors (Lipinski definition) is 5. The summed E-state index contributed by atoms with van der Waals surface area (Å²) in [5.74, 6) is 1.58. The molecule has 26 heavy (non-hydrogen) atoms. The molecule has 6 heteroatoms. The summed E-state index contributed by atoms with van der Waals surface area (Å²) in [6.07, 6.45) is 1.01. The normalized spacial score (nSPS) is 17.2. The fraction of sp³-hybridized carbons (Fsp3) is 0.200. The summed E-state index contributed by atoms with van der Waals surface area (Å²) < 4.78 is 11.3. The number of para-hydroxylation sites is 1. The van der Waals surface area contributed by atoms with Crippen molar-refractivity contribution in [2.24, 2.45) is 0 Å². The zero-order chi connectivity index (χ0) is 17.5. The van der Waals surface area contributed by atoms with E-state index in [1.54, 1.807) is 0 Å². The predicted octanol–water partition coefficient (Wildman–Crippen LogP) is 3.69. The quantitative estimate of drug-likeness (QED) is 0.770. The molecule has 5 rings (SSSR count). The van der Waals surface area contributed by atoms with Crippen LogP contribution in [0.2, 0.25) is 0 Å². The second-order valence-electron chi connectivity index (χ2n) is 6.37. The van der Waals surface area contributed by atoms with Crippen LogP contribution in [-0.2, 0) is 17.6 Å². The molecule has 1 amide bonds. The van der Waals surface area contributed by atoms with Crippen LogP contribution in [0.5, 0.6) is 11.5 Å². The molecule has 0 saturated carbocycles. The third-order valence-electron chi connectivity index (χ3n) is 4.66. The summed E-state index contributed by atoms with van der Waals surface area (Å²) in [6.45, 7) is 0.737. The van der Waals surface area contributed by atoms with E-state index in [-0.39, 0.29) is 5.91 Å². The SMILES string of the molecule is O=C(Nc1nc(-c2ccc3c(c2)CCO3)cs1)C1Cc2ccccc2O1. The Morgan fingerprint density at radius 2 is 2.08 bits per heavy atom. The van der Waals surface area contributed by atoms with Gasteiger partial charge >= 0.3 is 0 Å². The van der Waals surface area contributed by atoms with Crippen molar-refractivity contribution in [3.63, 3.8) is 0 Å². The zero-order valence-electron chi connectivity index (χ0n) is 13.9. The molecule has 1 aromatic heterocycles. The summed E-state index contributed by atoms with van der Waals surface area (Å²) in [5.41, 5.74) is 4.16. The topological polar surface area (TPSA) is 60.5 Å². The van der Waals surface area contributed by atoms with E-state index in [0.29, 0.717) is 11.6 Å². The van der Waals surface area contributed by atoms with Crippen molar-refractivity contribution < 1.29 is 14.3 Å². The minimum atomic E-state index is -0.503. The summed E-state index contributed by atoms with van der Waals surface area (Å²) in [5, 5.41) is 5.42. The molecule has 130 valence electrons. The van der Waals surface area contributed by atoms with Crippen molar-refractivity contribution in [3.8, 4) is 22.8 Å². The van der Waals surface area contributed by atoms with Crippen molar-refractivity contribution in [1.82, 2.24) is 4.98 Å². The summed E-state index contributed by atoms with van der Waals surface area (Å²) in [6, 6.07) is 13.8. The standard InChI is InChI=1S/C20H16N2O3S/c23-19(18-10-13-3-1-2-4-17(13)25-18)22-20-21-15(11-26-20)12-5-6-16-14(9-12)7-8-24-16/h1-6,9,11,18H,7-8,10H2,(H,21,22,23). The summed E-state index contributed by atoms with van der Waals surface area (Å²) in [4.78, 5) is 17.1. The van der Waals surface area contributed by atoms with Crippen LogP contribution in [0.1, 0.15) is 11.1 Å². The van der Waals surface area contributed by atoms with Crippen molar-refractivity contribution >= 4 is 22.4 Å². The van der Waals surface area contributed by atoms with Gasteiger partial charge in [0.25, 0.3) is 5.91 Å². The molecule has 2 aromatic carbocycles. The molecule has 0 radical (unpaired) electrons. The molecule has 0 spiro atoms. The number of ether oxygens (including phenoxy) is 2. The fourth-order valence-corrected chi connectivity index (χ4v) is 4.05. The Hall–Kier alpha value is -2.86. The fourth-order valence-electron chi connectivity index (χ4n) is 3.32. The van der Waals surface area contributed by atoms with Crippen LogP contribution in [0.15, 0.2) is 47.8 Å². The van der Waals surface area contributed by atoms with Gasteiger partial charge in [-0.1, -0.05) is 18.2 Å². The molecule has 3 aromatic rings. The number of thiazole rings is 1. The van der Waals surface area contributed by atoms with Crippen molar-refractivity contribution in [1.29, 1.82) is 0 Å². The number of carbonyl (C=O) groups is 1. The number of amides is 1. The number of hydrogen-bond donors (Lipinski definition) is 1. The molecule has 0 fully saturated rings. The number of aromatic nitrogens is 1. The van der Waals surface area contributed by atoms with E-state index >= 15 is 0 Å². The zero-order valence-corrected chi connectivity index (χ0v) is 14.7. The van der Waals surface area contributed by atoms with E-state index < -0.39 is 6.10 Å². The van der Waals surface area contributed by atoms with Crippen LogP contribution >= 0.6 is 11.3 Å². The largest absolute Gasteiger partial charge is 0.493 e. The van der Waals surface area contributed by atoms with Crippen molar-refractivity contribution in [2.45, 2.75) is 18.9 Å². The Morgan fingerprint density at radius 1 is 1.15 bits per heavy atom. The Morgan fingerprint density at radius 3 is 3.00 bits per heavy atom. The van der Waals surface area contributed by atoms with Gasteiger partial charge in [0, 0.05) is 23.8 Å². The first kappa shape index (κ1) is 15.4. The number of anilines is 1. The molecule has 0 bridgehead atoms. The van der Waals surface area contributed by atoms with Crippen LogP contribution in [0, 0.1) is 0 Å². The smallest absolute Gasteiger partial charge is 0.267 e. The molecule has 5 nitrogen and oxygen atoms in total. The molecular weight excluding hydrogens is 348 g/mol. The molecule has 2 aliphatic heterocycles. The first-order valence-corrected chi connectivity index (χ1v) is 9.41. The van der Waals surface area contributed by atoms with Gasteiger partial charge in [-0.15, -0.1) is 11.3 Å². The highest BCUT2D eigenvalue weighted by Crippen LogP contribution is 2.32. The lowest BCUT2D eigenvalue weighted by molar-refractivity contribution is -0.122. The molecule has 3 heterocycles. The second kappa shape index (κ2) is 6.14. The molecule has 1 N–H and O–H groups in total. The van der Waals surface area contributed by atoms with E-state index in [1.807, 2.05) is 41.8 Å². The Bertz CT molecular complexity index is 973. The highest BCUT2D eigenvalue weighted by Gasteiger charge is 2.29. The van der Waals surface area contributed by atoms with Gasteiger partial charge < -0.3 is 9.47 Å². The summed E-state index contributed by atoms with van der Waals surface area (Å²) in [7, 11) is 0. The minimum Gasteiger partial charge on any atom is -0.493 e. The number of nitrogens with one attached hydrogen (secondary N) is 1. The number of nitrogens with zero attached hydrogens (tertiary/aromatic N) is 1. The lowest BCUT2D eigenvalue weighted by atomic mass is 10.1. The van der Waals surface area contributed by atoms with Gasteiger partial charge in [-0.25, -0.2) is 4.98 Å². The third-order valence-corrected chi connectivity index (χ3v) is 5.42. The Labute approximate surface area is 154 Å². The number of carbonyl (C=O) groups excluding carboxylic acids is 1. The van der Waals surface area contributed by atoms with Gasteiger partial charge in [0.15, 0.2) is 11.2 Å². The molecule has 1 unspecified atom stereocenters. The maximum absolute atomic E-state index is 12.5. The van der Waals surface area contributed by atoms with Crippen LogP contribution < -0.4 is 14.8 Å². The first-order chi connectivity index (χ1) is 12.8. The maximum Gasteiger partial charge on any atom is 0.267 e. The van der Waals surface area contributed by atoms with Gasteiger partial charge in [0.05, 0.1) is 12.3 Å². The van der Waals surface area contributed by atoms with E-state index in [9.17, 15) is 4.79 Å². The predicted molar refractivity (Wildman–Crippen MR) is 99.9 cm³/mol. The maximum atomic E-state index is 12.5. The van der Waals surface area contributed by atoms with E-state index in [2.05, 4.69) is 16.4 Å². The third kappa shape index (κ3) is 2.72. The number of fused-ring (bicyclic) bond motifs is 2. The van der Waals surface area contributed by atoms with Gasteiger partial charge in [0.2, 0.25) is 0 Å². The Kier molecular flexibility index (Phi) is 3.64. The molecule has 2 aliphatic rings. The number of benzene rings is 2. The van der Waals surface area contributed by atoms with Gasteiger partial charge in [0.1, 0.15) is 11.5 Å². The van der Waals surface area contributed by atoms with Crippen LogP contribution in [-0.4, -0.2) is 23.6 Å². The van der Waals surface area contributed by atoms with Gasteiger partial charge in [-0.2, -0.15) is 0 Å². The van der Waals surface area contributed by atoms with Crippen LogP contribution in [0.25, 0.3) is 11.3 Å². The molecular formula is C20H16N2O3S. The average Bonchev–Trinajstić information content (AvgIpc) is 3.39. The van der Waals surface area contributed by atoms with Crippen molar-refractivity contribution in [2.75, 3.05) is 11.9 Å². The lowest BCUT2D eigenvalue weighted by Crippen LogP contribution is -2.31. The van der Waals surface area contributed by atoms with Crippen LogP contribution in [0.3, 0.4) is 0 Å². The number of rotatable bonds is 3. The Balaban J connectivity index is 1.30. The van der Waals surface area contributed by atoms with E-state index in [0.717, 1.165) is 41.3 Å². The lowest BCUT2D eigenvalue weighted by Gasteiger charge is -2.09. The van der Waals surface area contributed by atoms with Crippen LogP contribution in [0.4, 0.5) is 5.13 Å². The highest BCUT2D eigenvalue weighted by atomic mass is 32.1. The van der Waals surface area contributed by atoms with E-state index in [4.69, 9.17) is 9.47 Å². The second-order valence-corrected chi connectivity index (χ2v) is 7.22. The molecule has 0 aliphatic carbocycles. The summed E-state index contributed by atoms with van der Waals surface area (Å²) >= 11 is 1.42.